The van der Waals surface area contributed by atoms with Gasteiger partial charge in [-0.05, 0) is 84.3 Å². The van der Waals surface area contributed by atoms with Gasteiger partial charge in [0, 0.05) is 36.4 Å². The normalized spacial score (nSPS) is 22.6. The monoisotopic (exact) mass is 687 g/mol. The minimum Gasteiger partial charge on any atom is -0.472 e. The molecule has 252 valence electrons. The number of nitrogens with zero attached hydrogens (tertiary/aromatic N) is 3. The van der Waals surface area contributed by atoms with Gasteiger partial charge in [0.1, 0.15) is 6.10 Å². The molecule has 0 aliphatic carbocycles. The highest BCUT2D eigenvalue weighted by molar-refractivity contribution is 7.03. The Balaban J connectivity index is 1.22. The van der Waals surface area contributed by atoms with E-state index in [0.717, 1.165) is 41.9 Å². The summed E-state index contributed by atoms with van der Waals surface area (Å²) < 4.78 is 14.4. The van der Waals surface area contributed by atoms with Crippen LogP contribution < -0.4 is 15.1 Å². The minimum atomic E-state index is -2.54. The van der Waals surface area contributed by atoms with Crippen molar-refractivity contribution in [3.8, 4) is 17.1 Å². The summed E-state index contributed by atoms with van der Waals surface area (Å²) in [6.45, 7) is 15.9. The van der Waals surface area contributed by atoms with Gasteiger partial charge in [0.05, 0.1) is 11.2 Å². The van der Waals surface area contributed by atoms with Crippen molar-refractivity contribution in [2.24, 2.45) is 5.92 Å². The number of fused-ring (bicyclic) bond motifs is 1. The van der Waals surface area contributed by atoms with E-state index < -0.39 is 8.32 Å². The Kier molecular flexibility index (Phi) is 9.03. The second kappa shape index (κ2) is 13.1. The van der Waals surface area contributed by atoms with Crippen molar-refractivity contribution in [1.29, 1.82) is 0 Å². The molecule has 0 saturated carbocycles. The van der Waals surface area contributed by atoms with E-state index in [2.05, 4.69) is 160 Å². The number of ether oxygens (including phenoxy) is 1. The molecule has 1 fully saturated rings. The third kappa shape index (κ3) is 6.03. The van der Waals surface area contributed by atoms with E-state index in [1.54, 1.807) is 0 Å². The van der Waals surface area contributed by atoms with Crippen molar-refractivity contribution >= 4 is 30.3 Å². The number of likely N-dealkylation sites (tertiary alicyclic amines) is 1. The van der Waals surface area contributed by atoms with E-state index in [1.165, 1.54) is 21.5 Å². The van der Waals surface area contributed by atoms with Crippen molar-refractivity contribution in [1.82, 2.24) is 14.9 Å². The molecule has 5 nitrogen and oxygen atoms in total. The van der Waals surface area contributed by atoms with Gasteiger partial charge in [0.2, 0.25) is 11.2 Å². The Hall–Kier alpha value is -3.81. The lowest BCUT2D eigenvalue weighted by Crippen LogP contribution is -2.81. The molecule has 0 spiro atoms. The van der Waals surface area contributed by atoms with Crippen LogP contribution in [0.15, 0.2) is 109 Å². The zero-order chi connectivity index (χ0) is 34.4. The maximum atomic E-state index is 7.43. The van der Waals surface area contributed by atoms with Crippen LogP contribution >= 0.6 is 11.6 Å². The Labute approximate surface area is 297 Å². The summed E-state index contributed by atoms with van der Waals surface area (Å²) >= 11 is 6.58. The summed E-state index contributed by atoms with van der Waals surface area (Å²) in [4.78, 5) is 11.8. The fourth-order valence-corrected chi connectivity index (χ4v) is 13.6. The molecule has 2 aliphatic rings. The second-order valence-corrected chi connectivity index (χ2v) is 19.2. The fourth-order valence-electron chi connectivity index (χ4n) is 8.32. The Morgan fingerprint density at radius 2 is 1.47 bits per heavy atom. The first kappa shape index (κ1) is 33.7. The van der Waals surface area contributed by atoms with Crippen LogP contribution in [0.3, 0.4) is 0 Å². The van der Waals surface area contributed by atoms with Gasteiger partial charge in [-0.3, -0.25) is 4.90 Å². The summed E-state index contributed by atoms with van der Waals surface area (Å²) in [6, 6.07) is 38.8. The van der Waals surface area contributed by atoms with E-state index in [1.807, 2.05) is 6.07 Å². The van der Waals surface area contributed by atoms with E-state index in [4.69, 9.17) is 20.8 Å². The largest absolute Gasteiger partial charge is 0.472 e. The molecule has 3 unspecified atom stereocenters. The predicted molar refractivity (Wildman–Crippen MR) is 202 cm³/mol. The number of aromatic nitrogens is 2. The maximum Gasteiger partial charge on any atom is 0.265 e. The topological polar surface area (TPSA) is 47.5 Å². The number of hydrogen-bond acceptors (Lipinski definition) is 5. The van der Waals surface area contributed by atoms with Crippen LogP contribution in [0.25, 0.3) is 11.3 Å². The highest BCUT2D eigenvalue weighted by atomic mass is 35.5. The summed E-state index contributed by atoms with van der Waals surface area (Å²) in [6.07, 6.45) is 0.673. The molecule has 3 heterocycles. The van der Waals surface area contributed by atoms with Crippen molar-refractivity contribution < 1.29 is 9.16 Å². The molecule has 7 heteroatoms. The fraction of sp³-hybridized carbons (Fsp3) is 0.333. The molecule has 0 N–H and O–H groups in total. The number of rotatable bonds is 9. The Morgan fingerprint density at radius 3 is 2.18 bits per heavy atom. The smallest absolute Gasteiger partial charge is 0.265 e. The molecule has 2 aliphatic heterocycles. The van der Waals surface area contributed by atoms with Gasteiger partial charge in [0.15, 0.2) is 0 Å². The summed E-state index contributed by atoms with van der Waals surface area (Å²) in [7, 11) is -2.54. The lowest BCUT2D eigenvalue weighted by atomic mass is 9.81. The predicted octanol–water partition coefficient (Wildman–Crippen LogP) is 8.07. The SMILES string of the molecule is Cc1cccc(C)c1-c1cc(OC2CC(CO[Si]3(c4ccccc4)c4ccccc4C3(C)C)CN(Cc3ccccc3)C2(C)C)nc(Cl)n1. The first-order chi connectivity index (χ1) is 23.5. The first-order valence-corrected chi connectivity index (χ1v) is 19.7. The van der Waals surface area contributed by atoms with Crippen LogP contribution in [-0.4, -0.2) is 48.0 Å². The van der Waals surface area contributed by atoms with Crippen molar-refractivity contribution in [3.63, 3.8) is 0 Å². The molecule has 7 rings (SSSR count). The van der Waals surface area contributed by atoms with Crippen LogP contribution in [0.2, 0.25) is 5.28 Å². The van der Waals surface area contributed by atoms with Crippen LogP contribution in [0.5, 0.6) is 5.88 Å². The Bertz CT molecular complexity index is 1930. The van der Waals surface area contributed by atoms with Gasteiger partial charge in [-0.15, -0.1) is 0 Å². The Morgan fingerprint density at radius 1 is 0.816 bits per heavy atom. The van der Waals surface area contributed by atoms with E-state index in [9.17, 15) is 0 Å². The number of halogens is 1. The average Bonchev–Trinajstić information content (AvgIpc) is 3.08. The van der Waals surface area contributed by atoms with Gasteiger partial charge in [-0.2, -0.15) is 4.98 Å². The quantitative estimate of drug-likeness (QED) is 0.116. The molecule has 3 atom stereocenters. The van der Waals surface area contributed by atoms with Crippen LogP contribution in [-0.2, 0) is 16.0 Å². The molecular formula is C42H46ClN3O2Si. The maximum absolute atomic E-state index is 7.43. The molecule has 0 amide bonds. The summed E-state index contributed by atoms with van der Waals surface area (Å²) in [5, 5.41) is 2.86. The van der Waals surface area contributed by atoms with Gasteiger partial charge in [-0.25, -0.2) is 4.98 Å². The zero-order valence-corrected chi connectivity index (χ0v) is 31.2. The summed E-state index contributed by atoms with van der Waals surface area (Å²) in [5.41, 5.74) is 6.52. The third-order valence-corrected chi connectivity index (χ3v) is 16.2. The van der Waals surface area contributed by atoms with Crippen LogP contribution in [0.1, 0.15) is 56.4 Å². The lowest BCUT2D eigenvalue weighted by molar-refractivity contribution is -0.0665. The third-order valence-electron chi connectivity index (χ3n) is 11.1. The zero-order valence-electron chi connectivity index (χ0n) is 29.4. The first-order valence-electron chi connectivity index (χ1n) is 17.4. The number of aryl methyl sites for hydroxylation is 2. The molecule has 49 heavy (non-hydrogen) atoms. The highest BCUT2D eigenvalue weighted by Crippen LogP contribution is 2.44. The van der Waals surface area contributed by atoms with Crippen molar-refractivity contribution in [3.05, 3.63) is 137 Å². The van der Waals surface area contributed by atoms with Crippen molar-refractivity contribution in [2.45, 2.75) is 71.2 Å². The van der Waals surface area contributed by atoms with Gasteiger partial charge >= 0.3 is 0 Å². The molecule has 0 bridgehead atoms. The van der Waals surface area contributed by atoms with Gasteiger partial charge in [-0.1, -0.05) is 117 Å². The molecule has 1 aromatic heterocycles. The van der Waals surface area contributed by atoms with Gasteiger partial charge < -0.3 is 9.16 Å². The lowest BCUT2D eigenvalue weighted by Gasteiger charge is -2.56. The van der Waals surface area contributed by atoms with Crippen molar-refractivity contribution in [2.75, 3.05) is 13.2 Å². The standard InChI is InChI=1S/C42H46ClN3O2Si/c1-29-16-15-17-30(2)39(29)35-25-38(45-40(43)44-35)48-37-24-32(27-46(41(37,3)4)26-31-18-9-7-10-19-31)28-47-49(33-20-11-8-12-21-33)36-23-14-13-22-34(36)42(49,5)6/h7-23,25,32,37H,24,26-28H2,1-6H3. The highest BCUT2D eigenvalue weighted by Gasteiger charge is 2.63. The second-order valence-electron chi connectivity index (χ2n) is 14.9. The molecule has 5 aromatic rings. The molecule has 1 saturated heterocycles. The van der Waals surface area contributed by atoms with Crippen LogP contribution in [0.4, 0.5) is 0 Å². The molecule has 0 radical (unpaired) electrons. The van der Waals surface area contributed by atoms with E-state index in [0.29, 0.717) is 12.5 Å². The van der Waals surface area contributed by atoms with E-state index in [-0.39, 0.29) is 27.9 Å². The number of hydrogen-bond donors (Lipinski definition) is 0. The van der Waals surface area contributed by atoms with Crippen LogP contribution in [0, 0.1) is 19.8 Å². The molecule has 4 aromatic carbocycles. The molecular weight excluding hydrogens is 642 g/mol. The summed E-state index contributed by atoms with van der Waals surface area (Å²) in [5.74, 6) is 0.745. The van der Waals surface area contributed by atoms with Gasteiger partial charge in [0.25, 0.3) is 8.32 Å². The minimum absolute atomic E-state index is 0.0552. The van der Waals surface area contributed by atoms with E-state index >= 15 is 0 Å². The number of piperidine rings is 1. The number of benzene rings is 4. The average molecular weight is 688 g/mol.